The zero-order valence-corrected chi connectivity index (χ0v) is 9.71. The smallest absolute Gasteiger partial charge is 0.275 e. The number of pyridine rings is 1. The normalized spacial score (nSPS) is 9.89. The van der Waals surface area contributed by atoms with E-state index in [0.29, 0.717) is 11.5 Å². The van der Waals surface area contributed by atoms with Crippen LogP contribution in [0.15, 0.2) is 30.7 Å². The number of nitrogens with zero attached hydrogens (tertiary/aromatic N) is 3. The maximum atomic E-state index is 11.8. The zero-order valence-electron chi connectivity index (χ0n) is 9.71. The molecule has 0 saturated heterocycles. The number of amides is 1. The summed E-state index contributed by atoms with van der Waals surface area (Å²) in [6.45, 7) is 1.87. The Morgan fingerprint density at radius 3 is 2.56 bits per heavy atom. The molecule has 0 spiro atoms. The van der Waals surface area contributed by atoms with Crippen molar-refractivity contribution in [2.24, 2.45) is 5.84 Å². The molecular weight excluding hydrogens is 232 g/mol. The number of rotatable bonds is 3. The van der Waals surface area contributed by atoms with Gasteiger partial charge in [-0.15, -0.1) is 0 Å². The van der Waals surface area contributed by atoms with Gasteiger partial charge in [0.2, 0.25) is 0 Å². The van der Waals surface area contributed by atoms with Crippen LogP contribution >= 0.6 is 0 Å². The van der Waals surface area contributed by atoms with E-state index >= 15 is 0 Å². The number of nitrogens with two attached hydrogens (primary N) is 1. The van der Waals surface area contributed by atoms with Crippen LogP contribution in [-0.2, 0) is 0 Å². The van der Waals surface area contributed by atoms with Gasteiger partial charge in [-0.2, -0.15) is 0 Å². The molecular formula is C11H12N6O. The van der Waals surface area contributed by atoms with E-state index in [4.69, 9.17) is 5.84 Å². The summed E-state index contributed by atoms with van der Waals surface area (Å²) in [5.74, 6) is 5.19. The number of hydrogen-bond acceptors (Lipinski definition) is 6. The maximum Gasteiger partial charge on any atom is 0.275 e. The fraction of sp³-hybridized carbons (Fsp3) is 0.0909. The van der Waals surface area contributed by atoms with Crippen molar-refractivity contribution in [3.63, 3.8) is 0 Å². The van der Waals surface area contributed by atoms with Crippen LogP contribution in [0.5, 0.6) is 0 Å². The number of hydrogen-bond donors (Lipinski definition) is 3. The van der Waals surface area contributed by atoms with E-state index < -0.39 is 0 Å². The molecule has 0 unspecified atom stereocenters. The van der Waals surface area contributed by atoms with Gasteiger partial charge in [0.1, 0.15) is 5.69 Å². The summed E-state index contributed by atoms with van der Waals surface area (Å²) >= 11 is 0. The van der Waals surface area contributed by atoms with Crippen molar-refractivity contribution in [3.05, 3.63) is 42.1 Å². The summed E-state index contributed by atoms with van der Waals surface area (Å²) in [5.41, 5.74) is 4.02. The molecule has 0 aliphatic carbocycles. The number of anilines is 2. The Morgan fingerprint density at radius 1 is 1.17 bits per heavy atom. The Bertz CT molecular complexity index is 536. The molecule has 0 saturated carbocycles. The highest BCUT2D eigenvalue weighted by atomic mass is 16.1. The van der Waals surface area contributed by atoms with Gasteiger partial charge in [-0.3, -0.25) is 9.78 Å². The van der Waals surface area contributed by atoms with E-state index in [0.717, 1.165) is 5.69 Å². The zero-order chi connectivity index (χ0) is 13.0. The number of aromatic nitrogens is 3. The number of hydrazine groups is 1. The van der Waals surface area contributed by atoms with Crippen molar-refractivity contribution in [2.75, 3.05) is 10.7 Å². The van der Waals surface area contributed by atoms with Gasteiger partial charge < -0.3 is 10.7 Å². The van der Waals surface area contributed by atoms with Gasteiger partial charge in [-0.25, -0.2) is 15.8 Å². The van der Waals surface area contributed by atoms with Gasteiger partial charge in [0.15, 0.2) is 5.82 Å². The molecule has 0 bridgehead atoms. The molecule has 0 aliphatic heterocycles. The largest absolute Gasteiger partial charge is 0.319 e. The molecule has 2 heterocycles. The quantitative estimate of drug-likeness (QED) is 0.542. The second-order valence-corrected chi connectivity index (χ2v) is 3.57. The SMILES string of the molecule is Cc1ccc(NC(=O)c2cnc(NN)cn2)cn1. The van der Waals surface area contributed by atoms with Crippen LogP contribution in [0.3, 0.4) is 0 Å². The third-order valence-electron chi connectivity index (χ3n) is 2.20. The summed E-state index contributed by atoms with van der Waals surface area (Å²) in [5, 5.41) is 2.67. The number of nitrogen functional groups attached to an aromatic ring is 1. The minimum atomic E-state index is -0.350. The Labute approximate surface area is 103 Å². The Balaban J connectivity index is 2.09. The molecule has 2 aromatic heterocycles. The van der Waals surface area contributed by atoms with E-state index in [1.807, 2.05) is 13.0 Å². The average Bonchev–Trinajstić information content (AvgIpc) is 2.41. The van der Waals surface area contributed by atoms with Crippen LogP contribution in [0, 0.1) is 6.92 Å². The first-order valence-electron chi connectivity index (χ1n) is 5.21. The summed E-state index contributed by atoms with van der Waals surface area (Å²) in [6.07, 6.45) is 4.30. The van der Waals surface area contributed by atoms with Crippen molar-refractivity contribution in [2.45, 2.75) is 6.92 Å². The number of carbonyl (C=O) groups is 1. The van der Waals surface area contributed by atoms with Crippen molar-refractivity contribution in [1.29, 1.82) is 0 Å². The van der Waals surface area contributed by atoms with Crippen LogP contribution in [0.1, 0.15) is 16.2 Å². The van der Waals surface area contributed by atoms with Gasteiger partial charge >= 0.3 is 0 Å². The first-order valence-corrected chi connectivity index (χ1v) is 5.21. The van der Waals surface area contributed by atoms with E-state index in [2.05, 4.69) is 25.7 Å². The van der Waals surface area contributed by atoms with Crippen molar-refractivity contribution < 1.29 is 4.79 Å². The molecule has 0 aromatic carbocycles. The molecule has 7 nitrogen and oxygen atoms in total. The fourth-order valence-corrected chi connectivity index (χ4v) is 1.26. The van der Waals surface area contributed by atoms with Gasteiger partial charge in [0, 0.05) is 5.69 Å². The molecule has 0 atom stereocenters. The topological polar surface area (TPSA) is 106 Å². The van der Waals surface area contributed by atoms with Crippen molar-refractivity contribution >= 4 is 17.4 Å². The highest BCUT2D eigenvalue weighted by Crippen LogP contribution is 2.07. The van der Waals surface area contributed by atoms with Crippen LogP contribution < -0.4 is 16.6 Å². The highest BCUT2D eigenvalue weighted by molar-refractivity contribution is 6.02. The van der Waals surface area contributed by atoms with E-state index in [9.17, 15) is 4.79 Å². The third-order valence-corrected chi connectivity index (χ3v) is 2.20. The number of nitrogens with one attached hydrogen (secondary N) is 2. The lowest BCUT2D eigenvalue weighted by Crippen LogP contribution is -2.15. The molecule has 2 rings (SSSR count). The van der Waals surface area contributed by atoms with Gasteiger partial charge in [-0.05, 0) is 19.1 Å². The Kier molecular flexibility index (Phi) is 3.44. The van der Waals surface area contributed by atoms with Gasteiger partial charge in [0.05, 0.1) is 24.3 Å². The Morgan fingerprint density at radius 2 is 2.00 bits per heavy atom. The van der Waals surface area contributed by atoms with E-state index in [-0.39, 0.29) is 11.6 Å². The molecule has 7 heteroatoms. The number of aryl methyl sites for hydroxylation is 1. The average molecular weight is 244 g/mol. The van der Waals surface area contributed by atoms with E-state index in [1.54, 1.807) is 12.3 Å². The minimum Gasteiger partial charge on any atom is -0.319 e. The predicted molar refractivity (Wildman–Crippen MR) is 66.8 cm³/mol. The van der Waals surface area contributed by atoms with Crippen LogP contribution in [0.2, 0.25) is 0 Å². The van der Waals surface area contributed by atoms with Crippen LogP contribution in [0.4, 0.5) is 11.5 Å². The molecule has 1 amide bonds. The minimum absolute atomic E-state index is 0.203. The molecule has 2 aromatic rings. The summed E-state index contributed by atoms with van der Waals surface area (Å²) in [7, 11) is 0. The lowest BCUT2D eigenvalue weighted by Gasteiger charge is -2.04. The molecule has 92 valence electrons. The predicted octanol–water partition coefficient (Wildman–Crippen LogP) is 0.718. The maximum absolute atomic E-state index is 11.8. The number of carbonyl (C=O) groups excluding carboxylic acids is 1. The highest BCUT2D eigenvalue weighted by Gasteiger charge is 2.08. The second kappa shape index (κ2) is 5.19. The molecule has 4 N–H and O–H groups in total. The fourth-order valence-electron chi connectivity index (χ4n) is 1.26. The summed E-state index contributed by atoms with van der Waals surface area (Å²) < 4.78 is 0. The third kappa shape index (κ3) is 2.77. The lowest BCUT2D eigenvalue weighted by atomic mass is 10.3. The first-order chi connectivity index (χ1) is 8.69. The van der Waals surface area contributed by atoms with Gasteiger partial charge in [0.25, 0.3) is 5.91 Å². The van der Waals surface area contributed by atoms with Crippen molar-refractivity contribution in [3.8, 4) is 0 Å². The summed E-state index contributed by atoms with van der Waals surface area (Å²) in [4.78, 5) is 23.7. The molecule has 0 radical (unpaired) electrons. The lowest BCUT2D eigenvalue weighted by molar-refractivity contribution is 0.102. The summed E-state index contributed by atoms with van der Waals surface area (Å²) in [6, 6.07) is 3.58. The van der Waals surface area contributed by atoms with Gasteiger partial charge in [-0.1, -0.05) is 0 Å². The Hall–Kier alpha value is -2.54. The molecule has 0 fully saturated rings. The van der Waals surface area contributed by atoms with E-state index in [1.165, 1.54) is 12.4 Å². The van der Waals surface area contributed by atoms with Crippen LogP contribution in [0.25, 0.3) is 0 Å². The standard InChI is InChI=1S/C11H12N6O/c1-7-2-3-8(4-13-7)16-11(18)9-5-15-10(17-12)6-14-9/h2-6H,12H2,1H3,(H,15,17)(H,16,18). The van der Waals surface area contributed by atoms with Crippen molar-refractivity contribution in [1.82, 2.24) is 15.0 Å². The monoisotopic (exact) mass is 244 g/mol. The van der Waals surface area contributed by atoms with Crippen LogP contribution in [-0.4, -0.2) is 20.9 Å². The first kappa shape index (κ1) is 11.9. The molecule has 18 heavy (non-hydrogen) atoms. The molecule has 0 aliphatic rings. The second-order valence-electron chi connectivity index (χ2n) is 3.57.